The average Bonchev–Trinajstić information content (AvgIpc) is 2.89. The predicted octanol–water partition coefficient (Wildman–Crippen LogP) is 6.74. The summed E-state index contributed by atoms with van der Waals surface area (Å²) in [5, 5.41) is 12.5. The van der Waals surface area contributed by atoms with Crippen molar-refractivity contribution in [3.05, 3.63) is 120 Å². The first kappa shape index (κ1) is 24.9. The van der Waals surface area contributed by atoms with E-state index in [1.54, 1.807) is 12.1 Å². The number of carboxylic acid groups (broad SMARTS) is 1. The van der Waals surface area contributed by atoms with Gasteiger partial charge >= 0.3 is 5.97 Å². The van der Waals surface area contributed by atoms with E-state index in [0.29, 0.717) is 5.56 Å². The van der Waals surface area contributed by atoms with Gasteiger partial charge in [-0.25, -0.2) is 4.79 Å². The van der Waals surface area contributed by atoms with Crippen molar-refractivity contribution in [3.63, 3.8) is 0 Å². The quantitative estimate of drug-likeness (QED) is 0.310. The number of carboxylic acids is 1. The van der Waals surface area contributed by atoms with E-state index < -0.39 is 17.9 Å². The lowest BCUT2D eigenvalue weighted by Crippen LogP contribution is -2.42. The van der Waals surface area contributed by atoms with Gasteiger partial charge < -0.3 is 10.4 Å². The van der Waals surface area contributed by atoms with E-state index in [-0.39, 0.29) is 11.8 Å². The molecular formula is C32H31NO3. The van der Waals surface area contributed by atoms with Gasteiger partial charge in [-0.15, -0.1) is 0 Å². The summed E-state index contributed by atoms with van der Waals surface area (Å²) in [6, 6.07) is 32.3. The Morgan fingerprint density at radius 1 is 0.722 bits per heavy atom. The number of aliphatic carboxylic acids is 1. The number of amides is 1. The third-order valence-electron chi connectivity index (χ3n) is 6.31. The van der Waals surface area contributed by atoms with E-state index >= 15 is 0 Å². The molecule has 0 unspecified atom stereocenters. The van der Waals surface area contributed by atoms with E-state index in [9.17, 15) is 14.7 Å². The maximum atomic E-state index is 13.0. The molecule has 0 aliphatic carbocycles. The van der Waals surface area contributed by atoms with Crippen LogP contribution in [-0.4, -0.2) is 23.0 Å². The molecule has 0 saturated carbocycles. The monoisotopic (exact) mass is 477 g/mol. The molecule has 1 atom stereocenters. The molecule has 0 spiro atoms. The van der Waals surface area contributed by atoms with E-state index in [0.717, 1.165) is 27.8 Å². The van der Waals surface area contributed by atoms with Gasteiger partial charge in [0.15, 0.2) is 0 Å². The van der Waals surface area contributed by atoms with Crippen LogP contribution in [0.4, 0.5) is 0 Å². The SMILES string of the molecule is CC(C)(C)c1ccc(-c2cccc(C(=O)N[C@@H](Cc3ccc(-c4ccccc4)cc3)C(=O)O)c2)cc1. The van der Waals surface area contributed by atoms with Crippen LogP contribution in [0.3, 0.4) is 0 Å². The second-order valence-corrected chi connectivity index (χ2v) is 10.0. The number of carbonyl (C=O) groups is 2. The molecule has 0 saturated heterocycles. The topological polar surface area (TPSA) is 66.4 Å². The molecule has 0 aromatic heterocycles. The number of carbonyl (C=O) groups excluding carboxylic acids is 1. The number of hydrogen-bond donors (Lipinski definition) is 2. The molecule has 36 heavy (non-hydrogen) atoms. The molecular weight excluding hydrogens is 446 g/mol. The molecule has 1 amide bonds. The highest BCUT2D eigenvalue weighted by atomic mass is 16.4. The maximum Gasteiger partial charge on any atom is 0.326 e. The Labute approximate surface area is 212 Å². The van der Waals surface area contributed by atoms with Gasteiger partial charge in [-0.1, -0.05) is 112 Å². The molecule has 2 N–H and O–H groups in total. The Morgan fingerprint density at radius 3 is 1.89 bits per heavy atom. The first-order valence-electron chi connectivity index (χ1n) is 12.1. The lowest BCUT2D eigenvalue weighted by Gasteiger charge is -2.19. The molecule has 4 nitrogen and oxygen atoms in total. The molecule has 0 aliphatic rings. The summed E-state index contributed by atoms with van der Waals surface area (Å²) < 4.78 is 0. The van der Waals surface area contributed by atoms with Crippen LogP contribution in [-0.2, 0) is 16.6 Å². The van der Waals surface area contributed by atoms with Crippen LogP contribution in [0.1, 0.15) is 42.3 Å². The number of rotatable bonds is 7. The largest absolute Gasteiger partial charge is 0.480 e. The highest BCUT2D eigenvalue weighted by molar-refractivity contribution is 5.97. The Bertz CT molecular complexity index is 1340. The van der Waals surface area contributed by atoms with Crippen LogP contribution in [0.5, 0.6) is 0 Å². The van der Waals surface area contributed by atoms with Crippen molar-refractivity contribution in [2.24, 2.45) is 0 Å². The second-order valence-electron chi connectivity index (χ2n) is 10.0. The minimum atomic E-state index is -1.07. The van der Waals surface area contributed by atoms with Crippen molar-refractivity contribution < 1.29 is 14.7 Å². The molecule has 4 rings (SSSR count). The van der Waals surface area contributed by atoms with Crippen molar-refractivity contribution in [3.8, 4) is 22.3 Å². The Hall–Kier alpha value is -4.18. The number of nitrogens with one attached hydrogen (secondary N) is 1. The summed E-state index contributed by atoms with van der Waals surface area (Å²) in [4.78, 5) is 24.9. The van der Waals surface area contributed by atoms with Crippen LogP contribution < -0.4 is 5.32 Å². The first-order valence-corrected chi connectivity index (χ1v) is 12.1. The minimum Gasteiger partial charge on any atom is -0.480 e. The Balaban J connectivity index is 1.46. The van der Waals surface area contributed by atoms with E-state index in [1.165, 1.54) is 5.56 Å². The molecule has 182 valence electrons. The Kier molecular flexibility index (Phi) is 7.35. The molecule has 0 aliphatic heterocycles. The summed E-state index contributed by atoms with van der Waals surface area (Å²) in [5.74, 6) is -1.47. The molecule has 0 bridgehead atoms. The van der Waals surface area contributed by atoms with Gasteiger partial charge in [0, 0.05) is 12.0 Å². The summed E-state index contributed by atoms with van der Waals surface area (Å²) in [7, 11) is 0. The zero-order valence-corrected chi connectivity index (χ0v) is 20.9. The minimum absolute atomic E-state index is 0.0635. The third kappa shape index (κ3) is 6.08. The molecule has 0 fully saturated rings. The lowest BCUT2D eigenvalue weighted by atomic mass is 9.86. The molecule has 4 heteroatoms. The molecule has 0 radical (unpaired) electrons. The summed E-state index contributed by atoms with van der Waals surface area (Å²) in [6.07, 6.45) is 0.199. The van der Waals surface area contributed by atoms with Gasteiger partial charge in [0.1, 0.15) is 6.04 Å². The fraction of sp³-hybridized carbons (Fsp3) is 0.188. The summed E-state index contributed by atoms with van der Waals surface area (Å²) in [5.41, 5.74) is 6.64. The van der Waals surface area contributed by atoms with Crippen molar-refractivity contribution in [1.29, 1.82) is 0 Å². The smallest absolute Gasteiger partial charge is 0.326 e. The number of benzene rings is 4. The zero-order valence-electron chi connectivity index (χ0n) is 20.9. The Morgan fingerprint density at radius 2 is 1.28 bits per heavy atom. The highest BCUT2D eigenvalue weighted by Gasteiger charge is 2.21. The third-order valence-corrected chi connectivity index (χ3v) is 6.31. The van der Waals surface area contributed by atoms with Crippen LogP contribution >= 0.6 is 0 Å². The van der Waals surface area contributed by atoms with Crippen molar-refractivity contribution in [2.75, 3.05) is 0 Å². The second kappa shape index (κ2) is 10.6. The van der Waals surface area contributed by atoms with Crippen LogP contribution in [0, 0.1) is 0 Å². The number of hydrogen-bond acceptors (Lipinski definition) is 2. The van der Waals surface area contributed by atoms with Gasteiger partial charge in [0.2, 0.25) is 0 Å². The lowest BCUT2D eigenvalue weighted by molar-refractivity contribution is -0.139. The van der Waals surface area contributed by atoms with Crippen LogP contribution in [0.2, 0.25) is 0 Å². The van der Waals surface area contributed by atoms with Crippen molar-refractivity contribution >= 4 is 11.9 Å². The van der Waals surface area contributed by atoms with Gasteiger partial charge in [0.05, 0.1) is 0 Å². The average molecular weight is 478 g/mol. The van der Waals surface area contributed by atoms with Crippen molar-refractivity contribution in [1.82, 2.24) is 5.32 Å². The van der Waals surface area contributed by atoms with Crippen LogP contribution in [0.15, 0.2) is 103 Å². The predicted molar refractivity (Wildman–Crippen MR) is 145 cm³/mol. The van der Waals surface area contributed by atoms with Crippen molar-refractivity contribution in [2.45, 2.75) is 38.6 Å². The van der Waals surface area contributed by atoms with E-state index in [1.807, 2.05) is 66.7 Å². The van der Waals surface area contributed by atoms with Gasteiger partial charge in [0.25, 0.3) is 5.91 Å². The van der Waals surface area contributed by atoms with E-state index in [2.05, 4.69) is 50.4 Å². The summed E-state index contributed by atoms with van der Waals surface area (Å²) in [6.45, 7) is 6.51. The van der Waals surface area contributed by atoms with Crippen LogP contribution in [0.25, 0.3) is 22.3 Å². The van der Waals surface area contributed by atoms with Gasteiger partial charge in [-0.3, -0.25) is 4.79 Å². The molecule has 4 aromatic carbocycles. The highest BCUT2D eigenvalue weighted by Crippen LogP contribution is 2.27. The normalized spacial score (nSPS) is 12.1. The fourth-order valence-corrected chi connectivity index (χ4v) is 4.14. The standard InChI is InChI=1S/C32H31NO3/c1-32(2,3)28-18-16-25(17-19-28)26-10-7-11-27(21-26)30(34)33-29(31(35)36)20-22-12-14-24(15-13-22)23-8-5-4-6-9-23/h4-19,21,29H,20H2,1-3H3,(H,33,34)(H,35,36)/t29-/m0/s1. The fourth-order valence-electron chi connectivity index (χ4n) is 4.14. The molecule has 0 heterocycles. The van der Waals surface area contributed by atoms with Gasteiger partial charge in [-0.05, 0) is 50.9 Å². The van der Waals surface area contributed by atoms with E-state index in [4.69, 9.17) is 0 Å². The molecule has 4 aromatic rings. The van der Waals surface area contributed by atoms with Gasteiger partial charge in [-0.2, -0.15) is 0 Å². The maximum absolute atomic E-state index is 13.0. The summed E-state index contributed by atoms with van der Waals surface area (Å²) >= 11 is 0. The zero-order chi connectivity index (χ0) is 25.7. The first-order chi connectivity index (χ1) is 17.2.